The van der Waals surface area contributed by atoms with Crippen molar-refractivity contribution in [2.75, 3.05) is 7.11 Å². The number of pyridine rings is 1. The van der Waals surface area contributed by atoms with E-state index in [1.165, 1.54) is 5.56 Å². The Kier molecular flexibility index (Phi) is 3.08. The monoisotopic (exact) mass is 220 g/mol. The Morgan fingerprint density at radius 3 is 3.07 bits per heavy atom. The maximum atomic E-state index is 5.02. The third-order valence-electron chi connectivity index (χ3n) is 1.98. The smallest absolute Gasteiger partial charge is 0.142 e. The first kappa shape index (κ1) is 10.3. The summed E-state index contributed by atoms with van der Waals surface area (Å²) in [7, 11) is 1.67. The third kappa shape index (κ3) is 2.40. The van der Waals surface area contributed by atoms with Crippen LogP contribution in [0.15, 0.2) is 23.7 Å². The van der Waals surface area contributed by atoms with E-state index in [0.29, 0.717) is 6.61 Å². The van der Waals surface area contributed by atoms with E-state index in [2.05, 4.69) is 16.9 Å². The molecule has 2 rings (SSSR count). The van der Waals surface area contributed by atoms with Crippen LogP contribution in [0.25, 0.3) is 10.7 Å². The molecule has 2 heterocycles. The third-order valence-corrected chi connectivity index (χ3v) is 2.89. The molecule has 0 spiro atoms. The lowest BCUT2D eigenvalue weighted by Gasteiger charge is -1.96. The predicted molar refractivity (Wildman–Crippen MR) is 60.8 cm³/mol. The summed E-state index contributed by atoms with van der Waals surface area (Å²) in [5, 5.41) is 2.95. The summed E-state index contributed by atoms with van der Waals surface area (Å²) < 4.78 is 5.02. The number of hydrogen-bond acceptors (Lipinski definition) is 4. The molecule has 15 heavy (non-hydrogen) atoms. The molecule has 0 saturated heterocycles. The van der Waals surface area contributed by atoms with Gasteiger partial charge in [0.25, 0.3) is 0 Å². The number of hydrogen-bond donors (Lipinski definition) is 0. The van der Waals surface area contributed by atoms with E-state index in [1.807, 2.05) is 23.7 Å². The number of aromatic nitrogens is 2. The standard InChI is InChI=1S/C11H12N2OS/c1-8-3-4-12-10(5-8)11-13-9(6-14-2)7-15-11/h3-5,7H,6H2,1-2H3. The van der Waals surface area contributed by atoms with Crippen molar-refractivity contribution in [3.63, 3.8) is 0 Å². The Morgan fingerprint density at radius 2 is 2.33 bits per heavy atom. The molecular weight excluding hydrogens is 208 g/mol. The van der Waals surface area contributed by atoms with E-state index in [9.17, 15) is 0 Å². The summed E-state index contributed by atoms with van der Waals surface area (Å²) in [5.74, 6) is 0. The number of aryl methyl sites for hydroxylation is 1. The first-order valence-corrected chi connectivity index (χ1v) is 5.54. The summed E-state index contributed by atoms with van der Waals surface area (Å²) in [6.45, 7) is 2.61. The topological polar surface area (TPSA) is 35.0 Å². The van der Waals surface area contributed by atoms with Crippen LogP contribution in [-0.2, 0) is 11.3 Å². The van der Waals surface area contributed by atoms with E-state index in [-0.39, 0.29) is 0 Å². The van der Waals surface area contributed by atoms with Gasteiger partial charge in [-0.1, -0.05) is 0 Å². The van der Waals surface area contributed by atoms with Gasteiger partial charge in [0.1, 0.15) is 5.01 Å². The number of methoxy groups -OCH3 is 1. The fraction of sp³-hybridized carbons (Fsp3) is 0.273. The van der Waals surface area contributed by atoms with Crippen LogP contribution in [0, 0.1) is 6.92 Å². The highest BCUT2D eigenvalue weighted by Crippen LogP contribution is 2.22. The molecule has 0 aromatic carbocycles. The van der Waals surface area contributed by atoms with Crippen molar-refractivity contribution in [3.05, 3.63) is 35.0 Å². The minimum absolute atomic E-state index is 0.558. The summed E-state index contributed by atoms with van der Waals surface area (Å²) in [6.07, 6.45) is 1.81. The van der Waals surface area contributed by atoms with Crippen LogP contribution in [0.2, 0.25) is 0 Å². The lowest BCUT2D eigenvalue weighted by Crippen LogP contribution is -1.88. The second-order valence-corrected chi connectivity index (χ2v) is 4.15. The molecule has 2 aromatic rings. The molecule has 3 nitrogen and oxygen atoms in total. The lowest BCUT2D eigenvalue weighted by molar-refractivity contribution is 0.182. The largest absolute Gasteiger partial charge is 0.378 e. The van der Waals surface area contributed by atoms with Gasteiger partial charge in [-0.05, 0) is 24.6 Å². The molecular formula is C11H12N2OS. The summed E-state index contributed by atoms with van der Waals surface area (Å²) >= 11 is 1.60. The van der Waals surface area contributed by atoms with Gasteiger partial charge in [0.05, 0.1) is 18.0 Å². The first-order chi connectivity index (χ1) is 7.29. The molecule has 0 N–H and O–H groups in total. The predicted octanol–water partition coefficient (Wildman–Crippen LogP) is 2.66. The number of ether oxygens (including phenoxy) is 1. The average molecular weight is 220 g/mol. The van der Waals surface area contributed by atoms with Crippen LogP contribution in [0.3, 0.4) is 0 Å². The maximum Gasteiger partial charge on any atom is 0.142 e. The van der Waals surface area contributed by atoms with Crippen molar-refractivity contribution in [1.82, 2.24) is 9.97 Å². The van der Waals surface area contributed by atoms with Gasteiger partial charge in [0.15, 0.2) is 0 Å². The van der Waals surface area contributed by atoms with Crippen LogP contribution < -0.4 is 0 Å². The molecule has 0 aliphatic heterocycles. The highest BCUT2D eigenvalue weighted by Gasteiger charge is 2.05. The van der Waals surface area contributed by atoms with Gasteiger partial charge in [0.2, 0.25) is 0 Å². The minimum atomic E-state index is 0.558. The summed E-state index contributed by atoms with van der Waals surface area (Å²) in [6, 6.07) is 4.02. The van der Waals surface area contributed by atoms with E-state index in [0.717, 1.165) is 16.4 Å². The average Bonchev–Trinajstić information content (AvgIpc) is 2.67. The Bertz CT molecular complexity index is 453. The van der Waals surface area contributed by atoms with Crippen LogP contribution in [0.4, 0.5) is 0 Å². The summed E-state index contributed by atoms with van der Waals surface area (Å²) in [5.41, 5.74) is 3.09. The normalized spacial score (nSPS) is 10.5. The van der Waals surface area contributed by atoms with Crippen LogP contribution in [0.5, 0.6) is 0 Å². The quantitative estimate of drug-likeness (QED) is 0.797. The molecule has 0 aliphatic rings. The van der Waals surface area contributed by atoms with Crippen molar-refractivity contribution >= 4 is 11.3 Å². The molecule has 0 radical (unpaired) electrons. The molecule has 0 atom stereocenters. The van der Waals surface area contributed by atoms with Crippen molar-refractivity contribution in [3.8, 4) is 10.7 Å². The highest BCUT2D eigenvalue weighted by molar-refractivity contribution is 7.13. The molecule has 4 heteroatoms. The summed E-state index contributed by atoms with van der Waals surface area (Å²) in [4.78, 5) is 8.73. The van der Waals surface area contributed by atoms with E-state index in [4.69, 9.17) is 4.74 Å². The van der Waals surface area contributed by atoms with Crippen LogP contribution in [0.1, 0.15) is 11.3 Å². The van der Waals surface area contributed by atoms with Crippen molar-refractivity contribution < 1.29 is 4.74 Å². The zero-order valence-corrected chi connectivity index (χ0v) is 9.54. The molecule has 0 saturated carbocycles. The van der Waals surface area contributed by atoms with Gasteiger partial charge in [-0.3, -0.25) is 4.98 Å². The molecule has 78 valence electrons. The van der Waals surface area contributed by atoms with Crippen molar-refractivity contribution in [2.45, 2.75) is 13.5 Å². The van der Waals surface area contributed by atoms with Gasteiger partial charge >= 0.3 is 0 Å². The van der Waals surface area contributed by atoms with Gasteiger partial charge in [-0.15, -0.1) is 11.3 Å². The molecule has 2 aromatic heterocycles. The molecule has 0 unspecified atom stereocenters. The molecule has 0 bridgehead atoms. The van der Waals surface area contributed by atoms with E-state index in [1.54, 1.807) is 18.4 Å². The van der Waals surface area contributed by atoms with E-state index >= 15 is 0 Å². The van der Waals surface area contributed by atoms with Gasteiger partial charge < -0.3 is 4.74 Å². The zero-order valence-electron chi connectivity index (χ0n) is 8.73. The highest BCUT2D eigenvalue weighted by atomic mass is 32.1. The Balaban J connectivity index is 2.29. The maximum absolute atomic E-state index is 5.02. The Hall–Kier alpha value is -1.26. The van der Waals surface area contributed by atoms with Gasteiger partial charge in [-0.2, -0.15) is 0 Å². The zero-order chi connectivity index (χ0) is 10.7. The SMILES string of the molecule is COCc1csc(-c2cc(C)ccn2)n1. The van der Waals surface area contributed by atoms with Gasteiger partial charge in [0, 0.05) is 18.7 Å². The number of thiazole rings is 1. The van der Waals surface area contributed by atoms with Crippen molar-refractivity contribution in [1.29, 1.82) is 0 Å². The second-order valence-electron chi connectivity index (χ2n) is 3.30. The lowest BCUT2D eigenvalue weighted by atomic mass is 10.2. The van der Waals surface area contributed by atoms with E-state index < -0.39 is 0 Å². The fourth-order valence-corrected chi connectivity index (χ4v) is 2.06. The van der Waals surface area contributed by atoms with Crippen molar-refractivity contribution in [2.24, 2.45) is 0 Å². The molecule has 0 aliphatic carbocycles. The Labute approximate surface area is 92.8 Å². The molecule has 0 amide bonds. The second kappa shape index (κ2) is 4.51. The van der Waals surface area contributed by atoms with Crippen LogP contribution in [-0.4, -0.2) is 17.1 Å². The van der Waals surface area contributed by atoms with Crippen LogP contribution >= 0.6 is 11.3 Å². The minimum Gasteiger partial charge on any atom is -0.378 e. The number of nitrogens with zero attached hydrogens (tertiary/aromatic N) is 2. The Morgan fingerprint density at radius 1 is 1.47 bits per heavy atom. The van der Waals surface area contributed by atoms with Gasteiger partial charge in [-0.25, -0.2) is 4.98 Å². The fourth-order valence-electron chi connectivity index (χ4n) is 1.29. The molecule has 0 fully saturated rings. The first-order valence-electron chi connectivity index (χ1n) is 4.66. The number of rotatable bonds is 3.